The Balaban J connectivity index is 2.05. The molecule has 1 aliphatic rings. The molecule has 0 N–H and O–H groups in total. The monoisotopic (exact) mass is 281 g/mol. The number of aromatic nitrogens is 1. The van der Waals surface area contributed by atoms with Crippen molar-refractivity contribution in [2.75, 3.05) is 13.1 Å². The lowest BCUT2D eigenvalue weighted by Crippen LogP contribution is -2.40. The van der Waals surface area contributed by atoms with E-state index < -0.39 is 17.6 Å². The molecule has 0 saturated carbocycles. The number of rotatable bonds is 1. The highest BCUT2D eigenvalue weighted by molar-refractivity contribution is 6.67. The van der Waals surface area contributed by atoms with E-state index in [-0.39, 0.29) is 12.4 Å². The molecule has 2 heterocycles. The maximum Gasteiger partial charge on any atom is 0.417 e. The molecule has 1 fully saturated rings. The molecular formula is C12H11BF3N3O. The Morgan fingerprint density at radius 1 is 1.35 bits per heavy atom. The Kier molecular flexibility index (Phi) is 3.97. The van der Waals surface area contributed by atoms with Gasteiger partial charge in [0.25, 0.3) is 12.6 Å². The van der Waals surface area contributed by atoms with Crippen molar-refractivity contribution in [1.82, 2.24) is 9.88 Å². The molecule has 1 saturated heterocycles. The van der Waals surface area contributed by atoms with E-state index in [0.29, 0.717) is 31.9 Å². The fraction of sp³-hybridized carbons (Fsp3) is 0.417. The number of amides is 1. The zero-order valence-electron chi connectivity index (χ0n) is 10.5. The van der Waals surface area contributed by atoms with Crippen molar-refractivity contribution in [3.63, 3.8) is 0 Å². The van der Waals surface area contributed by atoms with Crippen molar-refractivity contribution in [2.45, 2.75) is 18.8 Å². The molecule has 1 aromatic rings. The van der Waals surface area contributed by atoms with Gasteiger partial charge in [-0.1, -0.05) is 0 Å². The summed E-state index contributed by atoms with van der Waals surface area (Å²) in [4.78, 5) is 17.2. The predicted octanol–water partition coefficient (Wildman–Crippen LogP) is 2.11. The summed E-state index contributed by atoms with van der Waals surface area (Å²) in [6.45, 7) is 0.805. The first-order valence-corrected chi connectivity index (χ1v) is 6.14. The summed E-state index contributed by atoms with van der Waals surface area (Å²) >= 11 is 0. The van der Waals surface area contributed by atoms with Crippen LogP contribution in [0.1, 0.15) is 16.1 Å². The molecule has 4 nitrogen and oxygen atoms in total. The average molecular weight is 281 g/mol. The third-order valence-corrected chi connectivity index (χ3v) is 3.27. The van der Waals surface area contributed by atoms with Crippen molar-refractivity contribution in [3.8, 4) is 5.97 Å². The SMILES string of the molecule is N#CB1CCN(C(=O)c2ccc(C(F)(F)F)cn2)CC1. The Labute approximate surface area is 114 Å². The van der Waals surface area contributed by atoms with Gasteiger partial charge in [-0.15, -0.1) is 0 Å². The Hall–Kier alpha value is -2.04. The van der Waals surface area contributed by atoms with Crippen LogP contribution in [-0.2, 0) is 6.18 Å². The summed E-state index contributed by atoms with van der Waals surface area (Å²) in [5.74, 6) is 1.76. The van der Waals surface area contributed by atoms with Crippen LogP contribution in [0.4, 0.5) is 13.2 Å². The van der Waals surface area contributed by atoms with Gasteiger partial charge in [0.1, 0.15) is 5.69 Å². The smallest absolute Gasteiger partial charge is 0.339 e. The number of pyridine rings is 1. The normalized spacial score (nSPS) is 15.9. The fourth-order valence-corrected chi connectivity index (χ4v) is 2.06. The van der Waals surface area contributed by atoms with E-state index in [2.05, 4.69) is 11.0 Å². The lowest BCUT2D eigenvalue weighted by Gasteiger charge is -2.27. The molecular weight excluding hydrogens is 270 g/mol. The van der Waals surface area contributed by atoms with Crippen LogP contribution in [0.3, 0.4) is 0 Å². The van der Waals surface area contributed by atoms with E-state index in [1.54, 1.807) is 0 Å². The summed E-state index contributed by atoms with van der Waals surface area (Å²) in [6.07, 6.45) is -2.62. The predicted molar refractivity (Wildman–Crippen MR) is 66.1 cm³/mol. The highest BCUT2D eigenvalue weighted by atomic mass is 19.4. The van der Waals surface area contributed by atoms with Crippen molar-refractivity contribution < 1.29 is 18.0 Å². The van der Waals surface area contributed by atoms with Crippen LogP contribution in [-0.4, -0.2) is 35.6 Å². The Morgan fingerprint density at radius 3 is 2.45 bits per heavy atom. The topological polar surface area (TPSA) is 57.0 Å². The third-order valence-electron chi connectivity index (χ3n) is 3.27. The van der Waals surface area contributed by atoms with Crippen LogP contribution >= 0.6 is 0 Å². The second kappa shape index (κ2) is 5.53. The van der Waals surface area contributed by atoms with Gasteiger partial charge >= 0.3 is 6.18 Å². The third kappa shape index (κ3) is 3.10. The molecule has 1 aliphatic heterocycles. The van der Waals surface area contributed by atoms with Crippen LogP contribution in [0.5, 0.6) is 0 Å². The largest absolute Gasteiger partial charge is 0.417 e. The first kappa shape index (κ1) is 14.4. The van der Waals surface area contributed by atoms with Crippen LogP contribution < -0.4 is 0 Å². The molecule has 0 radical (unpaired) electrons. The Bertz CT molecular complexity index is 530. The van der Waals surface area contributed by atoms with Crippen LogP contribution in [0.25, 0.3) is 0 Å². The number of nitriles is 1. The standard InChI is InChI=1S/C12H11BF3N3O/c14-12(15,16)9-1-2-10(18-7-9)11(20)19-5-3-13(8-17)4-6-19/h1-2,7H,3-6H2. The van der Waals surface area contributed by atoms with E-state index in [4.69, 9.17) is 5.26 Å². The van der Waals surface area contributed by atoms with E-state index in [1.165, 1.54) is 4.90 Å². The van der Waals surface area contributed by atoms with Crippen molar-refractivity contribution in [3.05, 3.63) is 29.6 Å². The van der Waals surface area contributed by atoms with E-state index in [0.717, 1.165) is 12.1 Å². The minimum absolute atomic E-state index is 0.00610. The van der Waals surface area contributed by atoms with Gasteiger partial charge in [0.15, 0.2) is 0 Å². The highest BCUT2D eigenvalue weighted by Crippen LogP contribution is 2.28. The fourth-order valence-electron chi connectivity index (χ4n) is 2.06. The van der Waals surface area contributed by atoms with Crippen molar-refractivity contribution in [1.29, 1.82) is 5.26 Å². The molecule has 0 atom stereocenters. The summed E-state index contributed by atoms with van der Waals surface area (Å²) in [6, 6.07) is 1.93. The molecule has 20 heavy (non-hydrogen) atoms. The Morgan fingerprint density at radius 2 is 2.00 bits per heavy atom. The van der Waals surface area contributed by atoms with Gasteiger partial charge < -0.3 is 4.90 Å². The minimum Gasteiger partial charge on any atom is -0.339 e. The zero-order chi connectivity index (χ0) is 14.8. The highest BCUT2D eigenvalue weighted by Gasteiger charge is 2.31. The minimum atomic E-state index is -4.46. The van der Waals surface area contributed by atoms with Crippen LogP contribution in [0, 0.1) is 11.2 Å². The average Bonchev–Trinajstić information content (AvgIpc) is 2.46. The molecule has 0 spiro atoms. The molecule has 104 valence electrons. The lowest BCUT2D eigenvalue weighted by molar-refractivity contribution is -0.137. The molecule has 2 rings (SSSR count). The van der Waals surface area contributed by atoms with Gasteiger partial charge in [0.2, 0.25) is 0 Å². The first-order chi connectivity index (χ1) is 9.41. The molecule has 0 aliphatic carbocycles. The van der Waals surface area contributed by atoms with Gasteiger partial charge in [0, 0.05) is 25.3 Å². The second-order valence-electron chi connectivity index (χ2n) is 4.63. The number of nitrogens with zero attached hydrogens (tertiary/aromatic N) is 3. The first-order valence-electron chi connectivity index (χ1n) is 6.14. The van der Waals surface area contributed by atoms with Crippen LogP contribution in [0.15, 0.2) is 18.3 Å². The maximum absolute atomic E-state index is 12.4. The van der Waals surface area contributed by atoms with Gasteiger partial charge in [0.05, 0.1) is 5.56 Å². The van der Waals surface area contributed by atoms with Gasteiger partial charge in [-0.25, -0.2) is 5.26 Å². The van der Waals surface area contributed by atoms with Gasteiger partial charge in [-0.05, 0) is 24.8 Å². The van der Waals surface area contributed by atoms with E-state index in [1.807, 2.05) is 0 Å². The quantitative estimate of drug-likeness (QED) is 0.741. The van der Waals surface area contributed by atoms with Crippen molar-refractivity contribution in [2.24, 2.45) is 0 Å². The number of carbonyl (C=O) groups is 1. The van der Waals surface area contributed by atoms with Crippen molar-refractivity contribution >= 4 is 12.6 Å². The molecule has 0 bridgehead atoms. The van der Waals surface area contributed by atoms with Gasteiger partial charge in [-0.2, -0.15) is 13.2 Å². The summed E-state index contributed by atoms with van der Waals surface area (Å²) < 4.78 is 37.2. The molecule has 1 amide bonds. The molecule has 0 unspecified atom stereocenters. The van der Waals surface area contributed by atoms with E-state index in [9.17, 15) is 18.0 Å². The maximum atomic E-state index is 12.4. The molecule has 0 aromatic carbocycles. The number of carbonyl (C=O) groups excluding carboxylic acids is 1. The summed E-state index contributed by atoms with van der Waals surface area (Å²) in [5, 5.41) is 8.77. The number of hydrogen-bond donors (Lipinski definition) is 0. The molecule has 8 heteroatoms. The number of alkyl halides is 3. The molecule has 1 aromatic heterocycles. The summed E-state index contributed by atoms with van der Waals surface area (Å²) in [7, 11) is 0. The van der Waals surface area contributed by atoms with E-state index >= 15 is 0 Å². The van der Waals surface area contributed by atoms with Crippen LogP contribution in [0.2, 0.25) is 12.6 Å². The second-order valence-corrected chi connectivity index (χ2v) is 4.63. The number of halogens is 3. The lowest BCUT2D eigenvalue weighted by atomic mass is 9.45. The number of hydrogen-bond acceptors (Lipinski definition) is 3. The van der Waals surface area contributed by atoms with Gasteiger partial charge in [-0.3, -0.25) is 9.78 Å². The summed E-state index contributed by atoms with van der Waals surface area (Å²) in [5.41, 5.74) is -0.884. The zero-order valence-corrected chi connectivity index (χ0v) is 10.5.